The molecule has 2 rings (SSSR count). The molecule has 1 heterocycles. The van der Waals surface area contributed by atoms with Gasteiger partial charge in [0.15, 0.2) is 0 Å². The third-order valence-corrected chi connectivity index (χ3v) is 3.79. The zero-order valence-electron chi connectivity index (χ0n) is 10.9. The van der Waals surface area contributed by atoms with Crippen molar-refractivity contribution < 1.29 is 9.59 Å². The van der Waals surface area contributed by atoms with E-state index in [1.165, 1.54) is 0 Å². The summed E-state index contributed by atoms with van der Waals surface area (Å²) >= 11 is 3.37. The number of hydrogen-bond donors (Lipinski definition) is 0. The summed E-state index contributed by atoms with van der Waals surface area (Å²) in [6.07, 6.45) is 0.833. The lowest BCUT2D eigenvalue weighted by atomic mass is 10.2. The van der Waals surface area contributed by atoms with Gasteiger partial charge in [0.25, 0.3) is 5.91 Å². The van der Waals surface area contributed by atoms with Crippen molar-refractivity contribution >= 4 is 27.7 Å². The van der Waals surface area contributed by atoms with Crippen molar-refractivity contribution in [3.05, 3.63) is 34.3 Å². The summed E-state index contributed by atoms with van der Waals surface area (Å²) < 4.78 is 0.901. The molecule has 0 aliphatic carbocycles. The third-order valence-electron chi connectivity index (χ3n) is 3.30. The fourth-order valence-electron chi connectivity index (χ4n) is 2.24. The van der Waals surface area contributed by atoms with E-state index in [0.29, 0.717) is 25.2 Å². The van der Waals surface area contributed by atoms with Crippen molar-refractivity contribution in [2.45, 2.75) is 13.3 Å². The van der Waals surface area contributed by atoms with Crippen molar-refractivity contribution in [2.75, 3.05) is 26.2 Å². The summed E-state index contributed by atoms with van der Waals surface area (Å²) in [6, 6.07) is 7.41. The predicted octanol–water partition coefficient (Wildman–Crippen LogP) is 2.14. The van der Waals surface area contributed by atoms with Crippen molar-refractivity contribution in [1.29, 1.82) is 0 Å². The molecule has 0 aromatic heterocycles. The highest BCUT2D eigenvalue weighted by Crippen LogP contribution is 2.14. The molecule has 0 radical (unpaired) electrons. The van der Waals surface area contributed by atoms with Gasteiger partial charge in [-0.2, -0.15) is 0 Å². The maximum Gasteiger partial charge on any atom is 0.253 e. The van der Waals surface area contributed by atoms with Crippen molar-refractivity contribution in [2.24, 2.45) is 0 Å². The van der Waals surface area contributed by atoms with Crippen LogP contribution >= 0.6 is 15.9 Å². The maximum atomic E-state index is 12.4. The van der Waals surface area contributed by atoms with Crippen LogP contribution in [0.1, 0.15) is 23.7 Å². The first-order chi connectivity index (χ1) is 9.08. The Morgan fingerprint density at radius 2 is 1.79 bits per heavy atom. The molecule has 2 amide bonds. The van der Waals surface area contributed by atoms with Gasteiger partial charge in [-0.25, -0.2) is 0 Å². The maximum absolute atomic E-state index is 12.4. The van der Waals surface area contributed by atoms with Crippen molar-refractivity contribution in [3.63, 3.8) is 0 Å². The average molecular weight is 325 g/mol. The lowest BCUT2D eigenvalue weighted by Gasteiger charge is -2.21. The van der Waals surface area contributed by atoms with Crippen LogP contribution in [0.15, 0.2) is 28.7 Å². The molecule has 19 heavy (non-hydrogen) atoms. The Bertz CT molecular complexity index is 490. The number of amides is 2. The van der Waals surface area contributed by atoms with Crippen LogP contribution in [-0.4, -0.2) is 47.8 Å². The van der Waals surface area contributed by atoms with Gasteiger partial charge in [0.05, 0.1) is 0 Å². The number of carbonyl (C=O) groups is 2. The van der Waals surface area contributed by atoms with Crippen molar-refractivity contribution in [1.82, 2.24) is 9.80 Å². The number of carbonyl (C=O) groups excluding carboxylic acids is 2. The molecule has 0 saturated carbocycles. The van der Waals surface area contributed by atoms with E-state index >= 15 is 0 Å². The number of rotatable bonds is 1. The largest absolute Gasteiger partial charge is 0.341 e. The van der Waals surface area contributed by atoms with Gasteiger partial charge in [-0.15, -0.1) is 0 Å². The first-order valence-corrected chi connectivity index (χ1v) is 7.17. The van der Waals surface area contributed by atoms with Gasteiger partial charge in [0.1, 0.15) is 0 Å². The van der Waals surface area contributed by atoms with Crippen LogP contribution in [0.3, 0.4) is 0 Å². The average Bonchev–Trinajstić information content (AvgIpc) is 2.63. The van der Waals surface area contributed by atoms with Crippen LogP contribution in [0.25, 0.3) is 0 Å². The highest BCUT2D eigenvalue weighted by atomic mass is 79.9. The van der Waals surface area contributed by atoms with Gasteiger partial charge < -0.3 is 9.80 Å². The van der Waals surface area contributed by atoms with Gasteiger partial charge >= 0.3 is 0 Å². The minimum Gasteiger partial charge on any atom is -0.341 e. The summed E-state index contributed by atoms with van der Waals surface area (Å²) in [7, 11) is 0. The Hall–Kier alpha value is -1.36. The SMILES string of the molecule is CC(=O)N1CCCN(C(=O)c2cccc(Br)c2)CC1. The zero-order chi connectivity index (χ0) is 13.8. The van der Waals surface area contributed by atoms with Gasteiger partial charge in [-0.3, -0.25) is 9.59 Å². The monoisotopic (exact) mass is 324 g/mol. The molecule has 1 aromatic rings. The second-order valence-electron chi connectivity index (χ2n) is 4.66. The number of nitrogens with zero attached hydrogens (tertiary/aromatic N) is 2. The lowest BCUT2D eigenvalue weighted by Crippen LogP contribution is -2.36. The molecule has 102 valence electrons. The van der Waals surface area contributed by atoms with Crippen LogP contribution in [0.5, 0.6) is 0 Å². The van der Waals surface area contributed by atoms with Gasteiger partial charge in [0.2, 0.25) is 5.91 Å². The van der Waals surface area contributed by atoms with E-state index in [4.69, 9.17) is 0 Å². The smallest absolute Gasteiger partial charge is 0.253 e. The molecule has 5 heteroatoms. The Morgan fingerprint density at radius 3 is 2.47 bits per heavy atom. The van der Waals surface area contributed by atoms with Gasteiger partial charge in [-0.05, 0) is 24.6 Å². The molecule has 1 aliphatic heterocycles. The second-order valence-corrected chi connectivity index (χ2v) is 5.58. The van der Waals surface area contributed by atoms with E-state index in [1.807, 2.05) is 29.2 Å². The highest BCUT2D eigenvalue weighted by molar-refractivity contribution is 9.10. The second kappa shape index (κ2) is 6.19. The molecule has 0 atom stereocenters. The Kier molecular flexibility index (Phi) is 4.58. The van der Waals surface area contributed by atoms with E-state index < -0.39 is 0 Å². The molecule has 1 aromatic carbocycles. The van der Waals surface area contributed by atoms with Crippen molar-refractivity contribution in [3.8, 4) is 0 Å². The van der Waals surface area contributed by atoms with Crippen LogP contribution in [0.2, 0.25) is 0 Å². The number of benzene rings is 1. The van der Waals surface area contributed by atoms with Crippen LogP contribution in [0, 0.1) is 0 Å². The van der Waals surface area contributed by atoms with E-state index in [9.17, 15) is 9.59 Å². The Labute approximate surface area is 121 Å². The number of hydrogen-bond acceptors (Lipinski definition) is 2. The first-order valence-electron chi connectivity index (χ1n) is 6.38. The molecule has 0 spiro atoms. The Morgan fingerprint density at radius 1 is 1.11 bits per heavy atom. The minimum atomic E-state index is 0.0340. The summed E-state index contributed by atoms with van der Waals surface area (Å²) in [5.74, 6) is 0.114. The van der Waals surface area contributed by atoms with Gasteiger partial charge in [0, 0.05) is 43.1 Å². The standard InChI is InChI=1S/C14H17BrN2O2/c1-11(18)16-6-3-7-17(9-8-16)14(19)12-4-2-5-13(15)10-12/h2,4-5,10H,3,6-9H2,1H3. The fraction of sp³-hybridized carbons (Fsp3) is 0.429. The summed E-state index contributed by atoms with van der Waals surface area (Å²) in [6.45, 7) is 4.23. The van der Waals surface area contributed by atoms with E-state index in [2.05, 4.69) is 15.9 Å². The van der Waals surface area contributed by atoms with E-state index in [0.717, 1.165) is 17.4 Å². The molecule has 1 aliphatic rings. The molecule has 1 saturated heterocycles. The van der Waals surface area contributed by atoms with E-state index in [-0.39, 0.29) is 11.8 Å². The fourth-order valence-corrected chi connectivity index (χ4v) is 2.64. The molecular weight excluding hydrogens is 308 g/mol. The molecule has 0 N–H and O–H groups in total. The summed E-state index contributed by atoms with van der Waals surface area (Å²) in [4.78, 5) is 27.4. The topological polar surface area (TPSA) is 40.6 Å². The molecule has 0 bridgehead atoms. The summed E-state index contributed by atoms with van der Waals surface area (Å²) in [5, 5.41) is 0. The number of halogens is 1. The normalized spacial score (nSPS) is 16.1. The van der Waals surface area contributed by atoms with Crippen LogP contribution < -0.4 is 0 Å². The summed E-state index contributed by atoms with van der Waals surface area (Å²) in [5.41, 5.74) is 0.686. The Balaban J connectivity index is 2.06. The van der Waals surface area contributed by atoms with E-state index in [1.54, 1.807) is 11.8 Å². The van der Waals surface area contributed by atoms with Crippen LogP contribution in [-0.2, 0) is 4.79 Å². The highest BCUT2D eigenvalue weighted by Gasteiger charge is 2.21. The van der Waals surface area contributed by atoms with Crippen LogP contribution in [0.4, 0.5) is 0 Å². The lowest BCUT2D eigenvalue weighted by molar-refractivity contribution is -0.128. The minimum absolute atomic E-state index is 0.0340. The van der Waals surface area contributed by atoms with Gasteiger partial charge in [-0.1, -0.05) is 22.0 Å². The quantitative estimate of drug-likeness (QED) is 0.794. The molecule has 4 nitrogen and oxygen atoms in total. The predicted molar refractivity (Wildman–Crippen MR) is 76.9 cm³/mol. The first kappa shape index (κ1) is 14.1. The molecule has 1 fully saturated rings. The molecular formula is C14H17BrN2O2. The third kappa shape index (κ3) is 3.56. The zero-order valence-corrected chi connectivity index (χ0v) is 12.5. The molecule has 0 unspecified atom stereocenters.